The van der Waals surface area contributed by atoms with E-state index in [1.807, 2.05) is 30.3 Å². The molecular formula is C22H24N4O4S2. The smallest absolute Gasteiger partial charge is 0.237 e. The molecule has 1 aliphatic carbocycles. The van der Waals surface area contributed by atoms with Crippen LogP contribution in [0.25, 0.3) is 11.1 Å². The van der Waals surface area contributed by atoms with Crippen LogP contribution in [0.3, 0.4) is 0 Å². The number of methoxy groups -OCH3 is 1. The Kier molecular flexibility index (Phi) is 5.91. The van der Waals surface area contributed by atoms with Crippen molar-refractivity contribution in [2.24, 2.45) is 0 Å². The highest BCUT2D eigenvalue weighted by molar-refractivity contribution is 7.93. The molecule has 0 saturated heterocycles. The summed E-state index contributed by atoms with van der Waals surface area (Å²) in [4.78, 5) is 21.5. The molecular weight excluding hydrogens is 448 g/mol. The number of sulfonamides is 1. The van der Waals surface area contributed by atoms with Gasteiger partial charge in [0.05, 0.1) is 29.7 Å². The van der Waals surface area contributed by atoms with Gasteiger partial charge in [0.25, 0.3) is 0 Å². The van der Waals surface area contributed by atoms with Crippen LogP contribution in [0.15, 0.2) is 48.1 Å². The van der Waals surface area contributed by atoms with E-state index in [1.54, 1.807) is 38.7 Å². The molecule has 0 radical (unpaired) electrons. The fourth-order valence-corrected chi connectivity index (χ4v) is 5.50. The lowest BCUT2D eigenvalue weighted by Gasteiger charge is -2.21. The Labute approximate surface area is 191 Å². The summed E-state index contributed by atoms with van der Waals surface area (Å²) in [6.07, 6.45) is 4.74. The number of hydrogen-bond donors (Lipinski definition) is 2. The van der Waals surface area contributed by atoms with E-state index in [4.69, 9.17) is 4.74 Å². The molecule has 1 fully saturated rings. The van der Waals surface area contributed by atoms with E-state index >= 15 is 0 Å². The van der Waals surface area contributed by atoms with E-state index in [0.717, 1.165) is 11.1 Å². The minimum Gasteiger partial charge on any atom is -0.495 e. The Bertz CT molecular complexity index is 1230. The van der Waals surface area contributed by atoms with Gasteiger partial charge in [0.1, 0.15) is 5.75 Å². The van der Waals surface area contributed by atoms with Crippen LogP contribution < -0.4 is 14.8 Å². The molecule has 0 atom stereocenters. The summed E-state index contributed by atoms with van der Waals surface area (Å²) in [5, 5.41) is 4.58. The monoisotopic (exact) mass is 472 g/mol. The molecule has 2 aromatic heterocycles. The first-order valence-electron chi connectivity index (χ1n) is 10.1. The number of pyridine rings is 1. The Hall–Kier alpha value is -2.98. The molecule has 1 saturated carbocycles. The number of amides is 1. The normalized spacial score (nSPS) is 14.1. The molecule has 8 nitrogen and oxygen atoms in total. The predicted molar refractivity (Wildman–Crippen MR) is 126 cm³/mol. The molecule has 4 rings (SSSR count). The molecule has 10 heteroatoms. The van der Waals surface area contributed by atoms with Gasteiger partial charge in [-0.1, -0.05) is 12.1 Å². The second kappa shape index (κ2) is 8.51. The summed E-state index contributed by atoms with van der Waals surface area (Å²) in [5.41, 5.74) is 2.06. The zero-order chi connectivity index (χ0) is 22.9. The number of anilines is 2. The maximum Gasteiger partial charge on any atom is 0.237 e. The second-order valence-corrected chi connectivity index (χ2v) is 11.0. The van der Waals surface area contributed by atoms with Crippen LogP contribution in [-0.4, -0.2) is 36.7 Å². The molecule has 0 unspecified atom stereocenters. The first-order chi connectivity index (χ1) is 15.2. The zero-order valence-corrected chi connectivity index (χ0v) is 19.6. The topological polar surface area (TPSA) is 110 Å². The quantitative estimate of drug-likeness (QED) is 0.512. The van der Waals surface area contributed by atoms with Crippen molar-refractivity contribution in [3.8, 4) is 16.9 Å². The lowest BCUT2D eigenvalue weighted by Crippen LogP contribution is -2.35. The molecule has 1 amide bonds. The molecule has 0 spiro atoms. The van der Waals surface area contributed by atoms with Crippen LogP contribution in [0.5, 0.6) is 5.75 Å². The zero-order valence-electron chi connectivity index (χ0n) is 18.0. The highest BCUT2D eigenvalue weighted by Gasteiger charge is 2.37. The maximum atomic E-state index is 13.0. The maximum absolute atomic E-state index is 13.0. The minimum absolute atomic E-state index is 0.241. The van der Waals surface area contributed by atoms with Crippen molar-refractivity contribution in [3.05, 3.63) is 53.8 Å². The molecule has 32 heavy (non-hydrogen) atoms. The summed E-state index contributed by atoms with van der Waals surface area (Å²) in [7, 11) is -1.80. The first-order valence-corrected chi connectivity index (χ1v) is 12.5. The average molecular weight is 473 g/mol. The standard InChI is InChI=1S/C22H24N4O4S2/c1-22(2,19-13-31-21(25-19)26-32(28,29)18-8-9-18)20(27)24-16-6-4-14(5-7-16)15-10-17(30-3)12-23-11-15/h4-7,10-13,18H,8-9H2,1-3H3,(H,24,27)(H,25,26). The van der Waals surface area contributed by atoms with E-state index in [-0.39, 0.29) is 16.3 Å². The summed E-state index contributed by atoms with van der Waals surface area (Å²) in [6, 6.07) is 9.32. The van der Waals surface area contributed by atoms with Gasteiger partial charge >= 0.3 is 0 Å². The van der Waals surface area contributed by atoms with Crippen LogP contribution in [0, 0.1) is 0 Å². The molecule has 0 aliphatic heterocycles. The Morgan fingerprint density at radius 1 is 1.16 bits per heavy atom. The molecule has 2 heterocycles. The highest BCUT2D eigenvalue weighted by Crippen LogP contribution is 2.33. The van der Waals surface area contributed by atoms with Crippen molar-refractivity contribution in [3.63, 3.8) is 0 Å². The first kappa shape index (κ1) is 22.2. The van der Waals surface area contributed by atoms with Crippen LogP contribution in [-0.2, 0) is 20.2 Å². The number of thiazole rings is 1. The van der Waals surface area contributed by atoms with Crippen LogP contribution in [0.4, 0.5) is 10.8 Å². The third-order valence-electron chi connectivity index (χ3n) is 5.33. The fraction of sp³-hybridized carbons (Fsp3) is 0.318. The number of nitrogens with one attached hydrogen (secondary N) is 2. The molecule has 1 aliphatic rings. The van der Waals surface area contributed by atoms with E-state index < -0.39 is 15.4 Å². The van der Waals surface area contributed by atoms with Crippen LogP contribution in [0.1, 0.15) is 32.4 Å². The predicted octanol–water partition coefficient (Wildman–Crippen LogP) is 4.03. The Morgan fingerprint density at radius 3 is 2.53 bits per heavy atom. The lowest BCUT2D eigenvalue weighted by molar-refractivity contribution is -0.120. The number of hydrogen-bond acceptors (Lipinski definition) is 7. The third kappa shape index (κ3) is 4.76. The number of ether oxygens (including phenoxy) is 1. The van der Waals surface area contributed by atoms with Gasteiger partial charge in [-0.3, -0.25) is 14.5 Å². The summed E-state index contributed by atoms with van der Waals surface area (Å²) in [6.45, 7) is 3.51. The van der Waals surface area contributed by atoms with Gasteiger partial charge < -0.3 is 10.1 Å². The average Bonchev–Trinajstić information content (AvgIpc) is 3.54. The van der Waals surface area contributed by atoms with Gasteiger partial charge in [-0.05, 0) is 50.5 Å². The minimum atomic E-state index is -3.39. The molecule has 3 aromatic rings. The van der Waals surface area contributed by atoms with Gasteiger partial charge in [-0.15, -0.1) is 11.3 Å². The van der Waals surface area contributed by atoms with E-state index in [1.165, 1.54) is 11.3 Å². The summed E-state index contributed by atoms with van der Waals surface area (Å²) >= 11 is 1.18. The fourth-order valence-electron chi connectivity index (χ4n) is 3.03. The van der Waals surface area contributed by atoms with E-state index in [0.29, 0.717) is 30.0 Å². The summed E-state index contributed by atoms with van der Waals surface area (Å²) < 4.78 is 32.0. The van der Waals surface area contributed by atoms with Crippen molar-refractivity contribution in [2.45, 2.75) is 37.4 Å². The van der Waals surface area contributed by atoms with Crippen LogP contribution >= 0.6 is 11.3 Å². The lowest BCUT2D eigenvalue weighted by atomic mass is 9.89. The van der Waals surface area contributed by atoms with Crippen molar-refractivity contribution < 1.29 is 17.9 Å². The number of aromatic nitrogens is 2. The van der Waals surface area contributed by atoms with Gasteiger partial charge in [0.2, 0.25) is 15.9 Å². The number of benzene rings is 1. The number of carbonyl (C=O) groups excluding carboxylic acids is 1. The number of rotatable bonds is 8. The van der Waals surface area contributed by atoms with Gasteiger partial charge in [-0.2, -0.15) is 0 Å². The molecule has 2 N–H and O–H groups in total. The van der Waals surface area contributed by atoms with Gasteiger partial charge in [0, 0.05) is 22.8 Å². The highest BCUT2D eigenvalue weighted by atomic mass is 32.2. The summed E-state index contributed by atoms with van der Waals surface area (Å²) in [5.74, 6) is 0.430. The molecule has 168 valence electrons. The molecule has 1 aromatic carbocycles. The largest absolute Gasteiger partial charge is 0.495 e. The van der Waals surface area contributed by atoms with Gasteiger partial charge in [0.15, 0.2) is 5.13 Å². The third-order valence-corrected chi connectivity index (χ3v) is 8.04. The second-order valence-electron chi connectivity index (χ2n) is 8.15. The van der Waals surface area contributed by atoms with Crippen molar-refractivity contribution in [1.82, 2.24) is 9.97 Å². The van der Waals surface area contributed by atoms with Crippen molar-refractivity contribution >= 4 is 38.1 Å². The Morgan fingerprint density at radius 2 is 1.88 bits per heavy atom. The van der Waals surface area contributed by atoms with E-state index in [2.05, 4.69) is 20.0 Å². The Balaban J connectivity index is 1.44. The van der Waals surface area contributed by atoms with E-state index in [9.17, 15) is 13.2 Å². The number of nitrogens with zero attached hydrogens (tertiary/aromatic N) is 2. The number of carbonyl (C=O) groups is 1. The van der Waals surface area contributed by atoms with Crippen molar-refractivity contribution in [1.29, 1.82) is 0 Å². The SMILES string of the molecule is COc1cncc(-c2ccc(NC(=O)C(C)(C)c3csc(NS(=O)(=O)C4CC4)n3)cc2)c1. The van der Waals surface area contributed by atoms with Gasteiger partial charge in [-0.25, -0.2) is 13.4 Å². The van der Waals surface area contributed by atoms with Crippen LogP contribution in [0.2, 0.25) is 0 Å². The molecule has 0 bridgehead atoms. The van der Waals surface area contributed by atoms with Crippen molar-refractivity contribution in [2.75, 3.05) is 17.1 Å².